The minimum atomic E-state index is -0.183. The van der Waals surface area contributed by atoms with Crippen molar-refractivity contribution < 1.29 is 9.90 Å². The first-order chi connectivity index (χ1) is 12.3. The second kappa shape index (κ2) is 6.61. The van der Waals surface area contributed by atoms with Gasteiger partial charge in [-0.25, -0.2) is 0 Å². The Labute approximate surface area is 160 Å². The van der Waals surface area contributed by atoms with Crippen molar-refractivity contribution in [3.05, 3.63) is 0 Å². The summed E-state index contributed by atoms with van der Waals surface area (Å²) in [6, 6.07) is 0. The van der Waals surface area contributed by atoms with Gasteiger partial charge in [0.15, 0.2) is 0 Å². The number of ketones is 1. The van der Waals surface area contributed by atoms with Crippen LogP contribution in [0.25, 0.3) is 0 Å². The van der Waals surface area contributed by atoms with Crippen molar-refractivity contribution in [1.29, 1.82) is 0 Å². The van der Waals surface area contributed by atoms with Crippen molar-refractivity contribution in [2.75, 3.05) is 0 Å². The minimum absolute atomic E-state index is 0.0616. The summed E-state index contributed by atoms with van der Waals surface area (Å²) in [5.41, 5.74) is 0.513. The molecule has 0 aromatic rings. The van der Waals surface area contributed by atoms with E-state index in [0.29, 0.717) is 23.0 Å². The Morgan fingerprint density at radius 3 is 2.54 bits per heavy atom. The highest BCUT2D eigenvalue weighted by Gasteiger charge is 2.62. The van der Waals surface area contributed by atoms with Crippen LogP contribution in [0, 0.1) is 46.3 Å². The first-order valence-electron chi connectivity index (χ1n) is 11.5. The minimum Gasteiger partial charge on any atom is -0.393 e. The smallest absolute Gasteiger partial charge is 0.136 e. The largest absolute Gasteiger partial charge is 0.393 e. The second-order valence-corrected chi connectivity index (χ2v) is 11.0. The van der Waals surface area contributed by atoms with Crippen LogP contribution in [0.1, 0.15) is 91.9 Å². The zero-order valence-electron chi connectivity index (χ0n) is 17.5. The predicted molar refractivity (Wildman–Crippen MR) is 106 cm³/mol. The maximum Gasteiger partial charge on any atom is 0.136 e. The van der Waals surface area contributed by atoms with Crippen molar-refractivity contribution in [1.82, 2.24) is 0 Å². The van der Waals surface area contributed by atoms with Gasteiger partial charge in [-0.05, 0) is 85.4 Å². The molecule has 148 valence electrons. The molecule has 4 fully saturated rings. The number of hydrogen-bond acceptors (Lipinski definition) is 2. The van der Waals surface area contributed by atoms with Gasteiger partial charge in [0.1, 0.15) is 5.78 Å². The monoisotopic (exact) mass is 360 g/mol. The lowest BCUT2D eigenvalue weighted by atomic mass is 9.44. The molecule has 4 saturated carbocycles. The summed E-state index contributed by atoms with van der Waals surface area (Å²) in [7, 11) is 0. The van der Waals surface area contributed by atoms with Gasteiger partial charge in [-0.15, -0.1) is 0 Å². The lowest BCUT2D eigenvalue weighted by molar-refractivity contribution is -0.160. The highest BCUT2D eigenvalue weighted by atomic mass is 16.3. The Balaban J connectivity index is 1.62. The summed E-state index contributed by atoms with van der Waals surface area (Å²) in [5.74, 6) is 4.44. The van der Waals surface area contributed by atoms with Gasteiger partial charge in [-0.3, -0.25) is 4.79 Å². The molecule has 0 amide bonds. The predicted octanol–water partition coefficient (Wildman–Crippen LogP) is 5.62. The molecule has 0 saturated heterocycles. The van der Waals surface area contributed by atoms with E-state index in [2.05, 4.69) is 27.7 Å². The molecule has 0 radical (unpaired) electrons. The van der Waals surface area contributed by atoms with Crippen LogP contribution < -0.4 is 0 Å². The van der Waals surface area contributed by atoms with Gasteiger partial charge in [0.05, 0.1) is 6.10 Å². The lowest BCUT2D eigenvalue weighted by Gasteiger charge is -2.60. The van der Waals surface area contributed by atoms with Crippen molar-refractivity contribution in [3.63, 3.8) is 0 Å². The molecule has 0 aromatic heterocycles. The number of Topliss-reactive ketones (excluding diaryl/α,β-unsaturated/α-hetero) is 1. The summed E-state index contributed by atoms with van der Waals surface area (Å²) < 4.78 is 0. The molecule has 1 unspecified atom stereocenters. The zero-order chi connectivity index (χ0) is 18.7. The maximum atomic E-state index is 13.1. The van der Waals surface area contributed by atoms with Crippen LogP contribution in [0.3, 0.4) is 0 Å². The Kier molecular flexibility index (Phi) is 4.82. The summed E-state index contributed by atoms with van der Waals surface area (Å²) >= 11 is 0. The molecule has 0 aliphatic heterocycles. The molecule has 4 aliphatic carbocycles. The molecule has 9 atom stereocenters. The van der Waals surface area contributed by atoms with Crippen LogP contribution in [0.4, 0.5) is 0 Å². The molecule has 4 aliphatic rings. The summed E-state index contributed by atoms with van der Waals surface area (Å²) in [6.07, 6.45) is 11.3. The van der Waals surface area contributed by atoms with E-state index in [1.54, 1.807) is 0 Å². The third-order valence-electron chi connectivity index (χ3n) is 9.87. The van der Waals surface area contributed by atoms with E-state index in [1.165, 1.54) is 38.5 Å². The topological polar surface area (TPSA) is 37.3 Å². The van der Waals surface area contributed by atoms with Crippen LogP contribution in [-0.2, 0) is 4.79 Å². The van der Waals surface area contributed by atoms with E-state index in [0.717, 1.165) is 43.4 Å². The van der Waals surface area contributed by atoms with Crippen molar-refractivity contribution in [2.24, 2.45) is 46.3 Å². The van der Waals surface area contributed by atoms with Crippen LogP contribution in [0.2, 0.25) is 0 Å². The van der Waals surface area contributed by atoms with E-state index in [9.17, 15) is 9.90 Å². The first-order valence-corrected chi connectivity index (χ1v) is 11.5. The average molecular weight is 361 g/mol. The standard InChI is InChI=1S/C24H40O2/c1-5-6-15(2)18-9-10-19-17-13-22(26)21-8-7-16(25)14-24(21,4)20(17)11-12-23(18,19)3/h15-21,25H,5-14H2,1-4H3/t15?,16-,17-,18+,19-,20-,21+,23+,24+/m0/s1. The Hall–Kier alpha value is -0.370. The normalized spacial score (nSPS) is 52.1. The molecule has 1 N–H and O–H groups in total. The first kappa shape index (κ1) is 19.0. The number of aliphatic hydroxyl groups excluding tert-OH is 1. The molecular formula is C24H40O2. The fourth-order valence-electron chi connectivity index (χ4n) is 8.78. The molecular weight excluding hydrogens is 320 g/mol. The van der Waals surface area contributed by atoms with Gasteiger partial charge in [0, 0.05) is 12.3 Å². The molecule has 0 spiro atoms. The number of carbonyl (C=O) groups is 1. The fraction of sp³-hybridized carbons (Fsp3) is 0.958. The number of aliphatic hydroxyl groups is 1. The maximum absolute atomic E-state index is 13.1. The third kappa shape index (κ3) is 2.65. The van der Waals surface area contributed by atoms with E-state index < -0.39 is 0 Å². The van der Waals surface area contributed by atoms with Gasteiger partial charge >= 0.3 is 0 Å². The Morgan fingerprint density at radius 2 is 1.81 bits per heavy atom. The van der Waals surface area contributed by atoms with Crippen LogP contribution >= 0.6 is 0 Å². The van der Waals surface area contributed by atoms with E-state index in [4.69, 9.17) is 0 Å². The van der Waals surface area contributed by atoms with Crippen LogP contribution in [-0.4, -0.2) is 17.0 Å². The number of hydrogen-bond donors (Lipinski definition) is 1. The van der Waals surface area contributed by atoms with Gasteiger partial charge in [0.2, 0.25) is 0 Å². The summed E-state index contributed by atoms with van der Waals surface area (Å²) in [4.78, 5) is 13.1. The molecule has 26 heavy (non-hydrogen) atoms. The van der Waals surface area contributed by atoms with Crippen molar-refractivity contribution in [3.8, 4) is 0 Å². The summed E-state index contributed by atoms with van der Waals surface area (Å²) in [6.45, 7) is 9.74. The highest BCUT2D eigenvalue weighted by Crippen LogP contribution is 2.67. The molecule has 2 nitrogen and oxygen atoms in total. The van der Waals surface area contributed by atoms with Crippen LogP contribution in [0.15, 0.2) is 0 Å². The van der Waals surface area contributed by atoms with E-state index >= 15 is 0 Å². The molecule has 0 aromatic carbocycles. The summed E-state index contributed by atoms with van der Waals surface area (Å²) in [5, 5.41) is 10.4. The second-order valence-electron chi connectivity index (χ2n) is 11.0. The number of rotatable bonds is 3. The van der Waals surface area contributed by atoms with Crippen molar-refractivity contribution >= 4 is 5.78 Å². The Bertz CT molecular complexity index is 556. The zero-order valence-corrected chi connectivity index (χ0v) is 17.5. The molecule has 0 heterocycles. The fourth-order valence-corrected chi connectivity index (χ4v) is 8.78. The third-order valence-corrected chi connectivity index (χ3v) is 9.87. The highest BCUT2D eigenvalue weighted by molar-refractivity contribution is 5.83. The van der Waals surface area contributed by atoms with Gasteiger partial charge in [-0.1, -0.05) is 40.5 Å². The van der Waals surface area contributed by atoms with Crippen LogP contribution in [0.5, 0.6) is 0 Å². The SMILES string of the molecule is CCCC(C)[C@H]1CC[C@H]2[C@@H]3CC(=O)[C@H]4CC[C@H](O)C[C@]4(C)[C@H]3CC[C@]12C. The van der Waals surface area contributed by atoms with E-state index in [-0.39, 0.29) is 17.4 Å². The average Bonchev–Trinajstić information content (AvgIpc) is 2.92. The molecule has 2 heteroatoms. The lowest BCUT2D eigenvalue weighted by Crippen LogP contribution is -2.57. The molecule has 0 bridgehead atoms. The Morgan fingerprint density at radius 1 is 1.08 bits per heavy atom. The molecule has 4 rings (SSSR count). The van der Waals surface area contributed by atoms with Crippen molar-refractivity contribution in [2.45, 2.75) is 98.0 Å². The number of fused-ring (bicyclic) bond motifs is 5. The number of carbonyl (C=O) groups excluding carboxylic acids is 1. The van der Waals surface area contributed by atoms with Gasteiger partial charge < -0.3 is 5.11 Å². The quantitative estimate of drug-likeness (QED) is 0.709. The van der Waals surface area contributed by atoms with Gasteiger partial charge in [-0.2, -0.15) is 0 Å². The van der Waals surface area contributed by atoms with Gasteiger partial charge in [0.25, 0.3) is 0 Å². The van der Waals surface area contributed by atoms with E-state index in [1.807, 2.05) is 0 Å².